The van der Waals surface area contributed by atoms with E-state index in [1.54, 1.807) is 0 Å². The lowest BCUT2D eigenvalue weighted by molar-refractivity contribution is -0.118. The van der Waals surface area contributed by atoms with Crippen molar-refractivity contribution in [2.45, 2.75) is 45.1 Å². The van der Waals surface area contributed by atoms with Gasteiger partial charge in [0.1, 0.15) is 5.75 Å². The van der Waals surface area contributed by atoms with Crippen LogP contribution in [0, 0.1) is 5.41 Å². The number of fused-ring (bicyclic) bond motifs is 1. The molecule has 1 unspecified atom stereocenters. The first-order valence-corrected chi connectivity index (χ1v) is 7.86. The molecule has 1 heterocycles. The van der Waals surface area contributed by atoms with Crippen molar-refractivity contribution in [2.24, 2.45) is 5.41 Å². The van der Waals surface area contributed by atoms with Gasteiger partial charge >= 0.3 is 0 Å². The lowest BCUT2D eigenvalue weighted by Crippen LogP contribution is -2.36. The molecule has 1 saturated carbocycles. The van der Waals surface area contributed by atoms with Gasteiger partial charge in [0.25, 0.3) is 5.91 Å². The first-order valence-electron chi connectivity index (χ1n) is 7.86. The molecule has 1 aromatic carbocycles. The van der Waals surface area contributed by atoms with Gasteiger partial charge < -0.3 is 15.4 Å². The second-order valence-corrected chi connectivity index (χ2v) is 6.53. The molecular weight excluding hydrogens is 264 g/mol. The highest BCUT2D eigenvalue weighted by atomic mass is 16.5. The van der Waals surface area contributed by atoms with Crippen LogP contribution >= 0.6 is 0 Å². The smallest absolute Gasteiger partial charge is 0.262 e. The van der Waals surface area contributed by atoms with Crippen molar-refractivity contribution in [2.75, 3.05) is 19.0 Å². The van der Waals surface area contributed by atoms with Crippen molar-refractivity contribution < 1.29 is 9.53 Å². The van der Waals surface area contributed by atoms with E-state index in [2.05, 4.69) is 29.7 Å². The minimum Gasteiger partial charge on any atom is -0.482 e. The van der Waals surface area contributed by atoms with Gasteiger partial charge in [-0.25, -0.2) is 0 Å². The van der Waals surface area contributed by atoms with Gasteiger partial charge in [-0.15, -0.1) is 0 Å². The Balaban J connectivity index is 1.90. The Morgan fingerprint density at radius 1 is 1.29 bits per heavy atom. The van der Waals surface area contributed by atoms with E-state index in [1.807, 2.05) is 13.1 Å². The highest BCUT2D eigenvalue weighted by Crippen LogP contribution is 2.46. The molecule has 1 aliphatic heterocycles. The monoisotopic (exact) mass is 288 g/mol. The molecule has 1 fully saturated rings. The molecule has 0 bridgehead atoms. The van der Waals surface area contributed by atoms with E-state index in [4.69, 9.17) is 4.74 Å². The fraction of sp³-hybridized carbons (Fsp3) is 0.588. The van der Waals surface area contributed by atoms with Crippen molar-refractivity contribution in [1.29, 1.82) is 0 Å². The summed E-state index contributed by atoms with van der Waals surface area (Å²) in [5.74, 6) is 0.687. The average Bonchev–Trinajstić information content (AvgIpc) is 2.48. The number of anilines is 1. The van der Waals surface area contributed by atoms with Gasteiger partial charge in [0.2, 0.25) is 0 Å². The molecule has 1 atom stereocenters. The molecule has 0 spiro atoms. The van der Waals surface area contributed by atoms with Gasteiger partial charge in [-0.1, -0.05) is 32.3 Å². The molecule has 3 rings (SSSR count). The molecule has 0 radical (unpaired) electrons. The first kappa shape index (κ1) is 14.4. The van der Waals surface area contributed by atoms with Crippen molar-refractivity contribution in [1.82, 2.24) is 5.32 Å². The number of rotatable bonds is 3. The number of nitrogens with one attached hydrogen (secondary N) is 2. The molecular formula is C17H24N2O2. The van der Waals surface area contributed by atoms with Crippen LogP contribution in [-0.2, 0) is 4.79 Å². The summed E-state index contributed by atoms with van der Waals surface area (Å²) in [4.78, 5) is 11.5. The molecule has 0 aromatic heterocycles. The largest absolute Gasteiger partial charge is 0.482 e. The van der Waals surface area contributed by atoms with E-state index in [0.29, 0.717) is 6.04 Å². The summed E-state index contributed by atoms with van der Waals surface area (Å²) < 4.78 is 5.44. The number of ether oxygens (including phenoxy) is 1. The third kappa shape index (κ3) is 2.77. The Bertz CT molecular complexity index is 536. The van der Waals surface area contributed by atoms with Crippen molar-refractivity contribution >= 4 is 11.6 Å². The number of amides is 1. The number of carbonyl (C=O) groups excluding carboxylic acids is 1. The van der Waals surface area contributed by atoms with E-state index in [9.17, 15) is 4.79 Å². The maximum absolute atomic E-state index is 11.5. The predicted molar refractivity (Wildman–Crippen MR) is 83.6 cm³/mol. The minimum absolute atomic E-state index is 0.0791. The standard InChI is InChI=1S/C17H24N2O2/c1-17(8-4-3-5-9-17)16(18-2)12-6-7-14-13(10-12)19-15(20)11-21-14/h6-7,10,16,18H,3-5,8-9,11H2,1-2H3,(H,19,20). The van der Waals surface area contributed by atoms with Crippen LogP contribution in [0.2, 0.25) is 0 Å². The summed E-state index contributed by atoms with van der Waals surface area (Å²) in [6, 6.07) is 6.47. The van der Waals surface area contributed by atoms with E-state index in [-0.39, 0.29) is 17.9 Å². The molecule has 2 N–H and O–H groups in total. The highest BCUT2D eigenvalue weighted by Gasteiger charge is 2.36. The van der Waals surface area contributed by atoms with Crippen molar-refractivity contribution in [3.63, 3.8) is 0 Å². The third-order valence-electron chi connectivity index (χ3n) is 4.95. The molecule has 4 heteroatoms. The summed E-state index contributed by atoms with van der Waals surface area (Å²) >= 11 is 0. The van der Waals surface area contributed by atoms with Crippen LogP contribution < -0.4 is 15.4 Å². The maximum atomic E-state index is 11.5. The van der Waals surface area contributed by atoms with Crippen LogP contribution in [0.5, 0.6) is 5.75 Å². The molecule has 4 nitrogen and oxygen atoms in total. The number of benzene rings is 1. The second kappa shape index (κ2) is 5.68. The lowest BCUT2D eigenvalue weighted by Gasteiger charge is -2.41. The molecule has 1 aromatic rings. The summed E-state index contributed by atoms with van der Waals surface area (Å²) in [6.45, 7) is 2.49. The summed E-state index contributed by atoms with van der Waals surface area (Å²) in [7, 11) is 2.03. The molecule has 0 saturated heterocycles. The Kier molecular flexibility index (Phi) is 3.89. The van der Waals surface area contributed by atoms with Crippen LogP contribution in [-0.4, -0.2) is 19.6 Å². The lowest BCUT2D eigenvalue weighted by atomic mass is 9.68. The fourth-order valence-corrected chi connectivity index (χ4v) is 3.85. The average molecular weight is 288 g/mol. The topological polar surface area (TPSA) is 50.4 Å². The third-order valence-corrected chi connectivity index (χ3v) is 4.95. The van der Waals surface area contributed by atoms with Crippen LogP contribution in [0.4, 0.5) is 5.69 Å². The van der Waals surface area contributed by atoms with Gasteiger partial charge in [0.15, 0.2) is 6.61 Å². The Morgan fingerprint density at radius 3 is 2.76 bits per heavy atom. The fourth-order valence-electron chi connectivity index (χ4n) is 3.85. The zero-order valence-electron chi connectivity index (χ0n) is 12.9. The van der Waals surface area contributed by atoms with E-state index < -0.39 is 0 Å². The number of hydrogen-bond donors (Lipinski definition) is 2. The SMILES string of the molecule is CNC(c1ccc2c(c1)NC(=O)CO2)C1(C)CCCCC1. The first-order chi connectivity index (χ1) is 10.1. The van der Waals surface area contributed by atoms with E-state index in [0.717, 1.165) is 11.4 Å². The number of carbonyl (C=O) groups is 1. The molecule has 21 heavy (non-hydrogen) atoms. The molecule has 114 valence electrons. The van der Waals surface area contributed by atoms with Crippen LogP contribution in [0.1, 0.15) is 50.6 Å². The van der Waals surface area contributed by atoms with Crippen LogP contribution in [0.15, 0.2) is 18.2 Å². The van der Waals surface area contributed by atoms with Crippen molar-refractivity contribution in [3.05, 3.63) is 23.8 Å². The predicted octanol–water partition coefficient (Wildman–Crippen LogP) is 3.25. The van der Waals surface area contributed by atoms with Crippen molar-refractivity contribution in [3.8, 4) is 5.75 Å². The molecule has 2 aliphatic rings. The summed E-state index contributed by atoms with van der Waals surface area (Å²) in [6.07, 6.45) is 6.45. The Morgan fingerprint density at radius 2 is 2.05 bits per heavy atom. The maximum Gasteiger partial charge on any atom is 0.262 e. The van der Waals surface area contributed by atoms with Gasteiger partial charge in [0, 0.05) is 6.04 Å². The normalized spacial score (nSPS) is 21.9. The zero-order chi connectivity index (χ0) is 14.9. The molecule has 1 amide bonds. The number of hydrogen-bond acceptors (Lipinski definition) is 3. The highest BCUT2D eigenvalue weighted by molar-refractivity contribution is 5.95. The van der Waals surface area contributed by atoms with Gasteiger partial charge in [0.05, 0.1) is 5.69 Å². The Labute approximate surface area is 126 Å². The quantitative estimate of drug-likeness (QED) is 0.897. The van der Waals surface area contributed by atoms with Crippen LogP contribution in [0.3, 0.4) is 0 Å². The summed E-state index contributed by atoms with van der Waals surface area (Å²) in [5.41, 5.74) is 2.30. The van der Waals surface area contributed by atoms with Gasteiger partial charge in [-0.3, -0.25) is 4.79 Å². The van der Waals surface area contributed by atoms with Gasteiger partial charge in [-0.2, -0.15) is 0 Å². The second-order valence-electron chi connectivity index (χ2n) is 6.53. The van der Waals surface area contributed by atoms with Crippen LogP contribution in [0.25, 0.3) is 0 Å². The van der Waals surface area contributed by atoms with E-state index in [1.165, 1.54) is 37.7 Å². The summed E-state index contributed by atoms with van der Waals surface area (Å²) in [5, 5.41) is 6.40. The zero-order valence-corrected chi connectivity index (χ0v) is 12.9. The minimum atomic E-state index is -0.0791. The van der Waals surface area contributed by atoms with Gasteiger partial charge in [-0.05, 0) is 43.0 Å². The Hall–Kier alpha value is -1.55. The van der Waals surface area contributed by atoms with E-state index >= 15 is 0 Å². The molecule has 1 aliphatic carbocycles.